The summed E-state index contributed by atoms with van der Waals surface area (Å²) in [6.07, 6.45) is 2.31. The third-order valence-corrected chi connectivity index (χ3v) is 4.79. The molecule has 2 heterocycles. The fourth-order valence-electron chi connectivity index (χ4n) is 3.14. The van der Waals surface area contributed by atoms with E-state index >= 15 is 0 Å². The monoisotopic (exact) mass is 328 g/mol. The SMILES string of the molecule is CC1OCCC1(O)CNCC1CCN(C(=O)OC(C)(C)C)CC1. The summed E-state index contributed by atoms with van der Waals surface area (Å²) in [6.45, 7) is 11.1. The molecular formula is C17H32N2O4. The van der Waals surface area contributed by atoms with Crippen LogP contribution in [0.15, 0.2) is 0 Å². The number of amides is 1. The lowest BCUT2D eigenvalue weighted by Crippen LogP contribution is -2.48. The van der Waals surface area contributed by atoms with Crippen molar-refractivity contribution in [3.8, 4) is 0 Å². The van der Waals surface area contributed by atoms with Crippen molar-refractivity contribution in [3.05, 3.63) is 0 Å². The highest BCUT2D eigenvalue weighted by Gasteiger charge is 2.39. The Kier molecular flexibility index (Phi) is 5.92. The highest BCUT2D eigenvalue weighted by molar-refractivity contribution is 5.68. The van der Waals surface area contributed by atoms with Crippen molar-refractivity contribution >= 4 is 6.09 Å². The molecule has 2 aliphatic heterocycles. The van der Waals surface area contributed by atoms with Crippen LogP contribution in [0.4, 0.5) is 4.79 Å². The van der Waals surface area contributed by atoms with Crippen molar-refractivity contribution in [1.82, 2.24) is 10.2 Å². The van der Waals surface area contributed by atoms with Gasteiger partial charge >= 0.3 is 6.09 Å². The Morgan fingerprint density at radius 2 is 2.04 bits per heavy atom. The molecule has 0 saturated carbocycles. The summed E-state index contributed by atoms with van der Waals surface area (Å²) in [7, 11) is 0. The van der Waals surface area contributed by atoms with Crippen LogP contribution in [-0.2, 0) is 9.47 Å². The number of carbonyl (C=O) groups excluding carboxylic acids is 1. The number of nitrogens with one attached hydrogen (secondary N) is 1. The molecule has 0 radical (unpaired) electrons. The van der Waals surface area contributed by atoms with Gasteiger partial charge in [-0.3, -0.25) is 0 Å². The molecule has 0 bridgehead atoms. The zero-order valence-electron chi connectivity index (χ0n) is 14.9. The molecule has 23 heavy (non-hydrogen) atoms. The maximum absolute atomic E-state index is 12.0. The minimum absolute atomic E-state index is 0.107. The van der Waals surface area contributed by atoms with Crippen molar-refractivity contribution in [2.75, 3.05) is 32.8 Å². The smallest absolute Gasteiger partial charge is 0.410 e. The van der Waals surface area contributed by atoms with E-state index in [1.54, 1.807) is 4.90 Å². The molecule has 2 unspecified atom stereocenters. The van der Waals surface area contributed by atoms with Crippen LogP contribution in [0.5, 0.6) is 0 Å². The third-order valence-electron chi connectivity index (χ3n) is 4.79. The van der Waals surface area contributed by atoms with Crippen molar-refractivity contribution < 1.29 is 19.4 Å². The maximum atomic E-state index is 12.0. The Morgan fingerprint density at radius 3 is 2.57 bits per heavy atom. The molecule has 2 N–H and O–H groups in total. The Morgan fingerprint density at radius 1 is 1.39 bits per heavy atom. The van der Waals surface area contributed by atoms with E-state index < -0.39 is 11.2 Å². The number of carbonyl (C=O) groups is 1. The maximum Gasteiger partial charge on any atom is 0.410 e. The molecule has 2 atom stereocenters. The topological polar surface area (TPSA) is 71.0 Å². The van der Waals surface area contributed by atoms with E-state index in [0.29, 0.717) is 25.5 Å². The molecule has 0 aromatic rings. The van der Waals surface area contributed by atoms with Crippen LogP contribution >= 0.6 is 0 Å². The standard InChI is InChI=1S/C17H32N2O4/c1-13-17(21,7-10-22-13)12-18-11-14-5-8-19(9-6-14)15(20)23-16(2,3)4/h13-14,18,21H,5-12H2,1-4H3. The number of piperidine rings is 1. The summed E-state index contributed by atoms with van der Waals surface area (Å²) in [4.78, 5) is 13.8. The molecule has 1 amide bonds. The lowest BCUT2D eigenvalue weighted by Gasteiger charge is -2.34. The molecule has 0 aromatic heterocycles. The van der Waals surface area contributed by atoms with Gasteiger partial charge in [-0.05, 0) is 53.0 Å². The Balaban J connectivity index is 1.66. The fraction of sp³-hybridized carbons (Fsp3) is 0.941. The van der Waals surface area contributed by atoms with Gasteiger partial charge in [0.15, 0.2) is 0 Å². The number of hydrogen-bond donors (Lipinski definition) is 2. The molecule has 134 valence electrons. The molecule has 6 heteroatoms. The van der Waals surface area contributed by atoms with Gasteiger partial charge in [0.25, 0.3) is 0 Å². The van der Waals surface area contributed by atoms with Crippen LogP contribution in [0.25, 0.3) is 0 Å². The van der Waals surface area contributed by atoms with Crippen molar-refractivity contribution in [1.29, 1.82) is 0 Å². The molecule has 2 saturated heterocycles. The van der Waals surface area contributed by atoms with Gasteiger partial charge in [0.05, 0.1) is 6.10 Å². The van der Waals surface area contributed by atoms with Crippen molar-refractivity contribution in [3.63, 3.8) is 0 Å². The van der Waals surface area contributed by atoms with E-state index in [4.69, 9.17) is 9.47 Å². The Labute approximate surface area is 139 Å². The second-order valence-corrected chi connectivity index (χ2v) is 7.91. The first-order valence-corrected chi connectivity index (χ1v) is 8.72. The van der Waals surface area contributed by atoms with Crippen molar-refractivity contribution in [2.24, 2.45) is 5.92 Å². The van der Waals surface area contributed by atoms with Gasteiger partial charge in [0, 0.05) is 32.7 Å². The molecular weight excluding hydrogens is 296 g/mol. The first kappa shape index (κ1) is 18.5. The van der Waals surface area contributed by atoms with Gasteiger partial charge in [0.1, 0.15) is 11.2 Å². The van der Waals surface area contributed by atoms with Gasteiger partial charge < -0.3 is 24.8 Å². The highest BCUT2D eigenvalue weighted by Crippen LogP contribution is 2.25. The summed E-state index contributed by atoms with van der Waals surface area (Å²) < 4.78 is 10.9. The average Bonchev–Trinajstić information content (AvgIpc) is 2.77. The normalized spacial score (nSPS) is 29.8. The first-order valence-electron chi connectivity index (χ1n) is 8.72. The largest absolute Gasteiger partial charge is 0.444 e. The third kappa shape index (κ3) is 5.33. The Bertz CT molecular complexity index is 402. The van der Waals surface area contributed by atoms with E-state index in [1.807, 2.05) is 27.7 Å². The van der Waals surface area contributed by atoms with E-state index in [1.165, 1.54) is 0 Å². The number of nitrogens with zero attached hydrogens (tertiary/aromatic N) is 1. The second kappa shape index (κ2) is 7.36. The minimum atomic E-state index is -0.739. The predicted octanol–water partition coefficient (Wildman–Crippen LogP) is 1.76. The summed E-state index contributed by atoms with van der Waals surface area (Å²) in [5, 5.41) is 13.8. The van der Waals surface area contributed by atoms with Gasteiger partial charge in [-0.25, -0.2) is 4.79 Å². The number of likely N-dealkylation sites (tertiary alicyclic amines) is 1. The predicted molar refractivity (Wildman–Crippen MR) is 88.4 cm³/mol. The van der Waals surface area contributed by atoms with Crippen LogP contribution in [0, 0.1) is 5.92 Å². The average molecular weight is 328 g/mol. The fourth-order valence-corrected chi connectivity index (χ4v) is 3.14. The van der Waals surface area contributed by atoms with E-state index in [-0.39, 0.29) is 12.2 Å². The number of rotatable bonds is 4. The lowest BCUT2D eigenvalue weighted by atomic mass is 9.94. The zero-order chi connectivity index (χ0) is 17.1. The molecule has 2 fully saturated rings. The molecule has 0 aromatic carbocycles. The van der Waals surface area contributed by atoms with E-state index in [9.17, 15) is 9.90 Å². The lowest BCUT2D eigenvalue weighted by molar-refractivity contribution is -0.0268. The van der Waals surface area contributed by atoms with E-state index in [0.717, 1.165) is 32.5 Å². The highest BCUT2D eigenvalue weighted by atomic mass is 16.6. The van der Waals surface area contributed by atoms with Gasteiger partial charge in [-0.2, -0.15) is 0 Å². The quantitative estimate of drug-likeness (QED) is 0.823. The van der Waals surface area contributed by atoms with Crippen LogP contribution in [0.2, 0.25) is 0 Å². The van der Waals surface area contributed by atoms with Crippen LogP contribution in [0.3, 0.4) is 0 Å². The molecule has 2 aliphatic rings. The summed E-state index contributed by atoms with van der Waals surface area (Å²) >= 11 is 0. The molecule has 2 rings (SSSR count). The van der Waals surface area contributed by atoms with Gasteiger partial charge in [-0.15, -0.1) is 0 Å². The van der Waals surface area contributed by atoms with Gasteiger partial charge in [-0.1, -0.05) is 0 Å². The Hall–Kier alpha value is -0.850. The van der Waals surface area contributed by atoms with E-state index in [2.05, 4.69) is 5.32 Å². The van der Waals surface area contributed by atoms with Crippen LogP contribution in [0.1, 0.15) is 47.0 Å². The van der Waals surface area contributed by atoms with Crippen LogP contribution in [-0.4, -0.2) is 66.2 Å². The number of ether oxygens (including phenoxy) is 2. The summed E-state index contributed by atoms with van der Waals surface area (Å²) in [6, 6.07) is 0. The molecule has 0 spiro atoms. The summed E-state index contributed by atoms with van der Waals surface area (Å²) in [5.41, 5.74) is -1.18. The molecule has 0 aliphatic carbocycles. The number of hydrogen-bond acceptors (Lipinski definition) is 5. The van der Waals surface area contributed by atoms with Gasteiger partial charge in [0.2, 0.25) is 0 Å². The number of aliphatic hydroxyl groups is 1. The summed E-state index contributed by atoms with van der Waals surface area (Å²) in [5.74, 6) is 0.537. The molecule has 6 nitrogen and oxygen atoms in total. The minimum Gasteiger partial charge on any atom is -0.444 e. The van der Waals surface area contributed by atoms with Crippen LogP contribution < -0.4 is 5.32 Å². The zero-order valence-corrected chi connectivity index (χ0v) is 14.9. The first-order chi connectivity index (χ1) is 10.7. The second-order valence-electron chi connectivity index (χ2n) is 7.91. The van der Waals surface area contributed by atoms with Crippen molar-refractivity contribution in [2.45, 2.75) is 64.3 Å².